The standard InChI is InChI=1S/C15H19ClN4O2S/c1-3-8-20-14(22)18-19-15(20)23-10(2)13(21)17-9-11-6-4-5-7-12(11)16/h4-7,10H,3,8-9H2,1-2H3,(H,17,21)(H,18,22)/t10-/m0/s1. The largest absolute Gasteiger partial charge is 0.351 e. The summed E-state index contributed by atoms with van der Waals surface area (Å²) in [6.45, 7) is 4.70. The predicted octanol–water partition coefficient (Wildman–Crippen LogP) is 2.43. The summed E-state index contributed by atoms with van der Waals surface area (Å²) in [7, 11) is 0. The van der Waals surface area contributed by atoms with E-state index in [1.54, 1.807) is 17.6 Å². The quantitative estimate of drug-likeness (QED) is 0.748. The van der Waals surface area contributed by atoms with Crippen LogP contribution in [0, 0.1) is 0 Å². The average molecular weight is 355 g/mol. The molecule has 0 aliphatic heterocycles. The van der Waals surface area contributed by atoms with Crippen LogP contribution >= 0.6 is 23.4 Å². The number of benzene rings is 1. The van der Waals surface area contributed by atoms with E-state index in [9.17, 15) is 9.59 Å². The molecule has 2 aromatic rings. The van der Waals surface area contributed by atoms with E-state index in [2.05, 4.69) is 15.5 Å². The van der Waals surface area contributed by atoms with E-state index in [0.717, 1.165) is 12.0 Å². The Morgan fingerprint density at radius 1 is 1.48 bits per heavy atom. The van der Waals surface area contributed by atoms with Crippen molar-refractivity contribution >= 4 is 29.3 Å². The van der Waals surface area contributed by atoms with E-state index in [1.807, 2.05) is 25.1 Å². The fraction of sp³-hybridized carbons (Fsp3) is 0.400. The van der Waals surface area contributed by atoms with Crippen molar-refractivity contribution in [3.05, 3.63) is 45.3 Å². The number of carbonyl (C=O) groups excluding carboxylic acids is 1. The lowest BCUT2D eigenvalue weighted by Gasteiger charge is -2.12. The van der Waals surface area contributed by atoms with Crippen LogP contribution in [0.25, 0.3) is 0 Å². The van der Waals surface area contributed by atoms with Gasteiger partial charge >= 0.3 is 5.69 Å². The zero-order chi connectivity index (χ0) is 16.8. The Morgan fingerprint density at radius 2 is 2.22 bits per heavy atom. The fourth-order valence-corrected chi connectivity index (χ4v) is 3.10. The number of H-pyrrole nitrogens is 1. The van der Waals surface area contributed by atoms with Crippen molar-refractivity contribution in [2.45, 2.75) is 43.8 Å². The van der Waals surface area contributed by atoms with Crippen LogP contribution in [0.2, 0.25) is 5.02 Å². The van der Waals surface area contributed by atoms with Gasteiger partial charge in [-0.25, -0.2) is 9.89 Å². The van der Waals surface area contributed by atoms with Gasteiger partial charge in [0.25, 0.3) is 0 Å². The Hall–Kier alpha value is -1.73. The number of aromatic nitrogens is 3. The monoisotopic (exact) mass is 354 g/mol. The zero-order valence-corrected chi connectivity index (χ0v) is 14.6. The summed E-state index contributed by atoms with van der Waals surface area (Å²) >= 11 is 7.32. The molecule has 0 aliphatic carbocycles. The molecule has 0 spiro atoms. The second-order valence-electron chi connectivity index (χ2n) is 5.03. The van der Waals surface area contributed by atoms with Crippen LogP contribution in [0.3, 0.4) is 0 Å². The van der Waals surface area contributed by atoms with Crippen LogP contribution in [-0.4, -0.2) is 25.9 Å². The minimum atomic E-state index is -0.372. The fourth-order valence-electron chi connectivity index (χ4n) is 1.99. The molecule has 0 unspecified atom stereocenters. The number of thioether (sulfide) groups is 1. The lowest BCUT2D eigenvalue weighted by Crippen LogP contribution is -2.31. The van der Waals surface area contributed by atoms with Gasteiger partial charge in [0.1, 0.15) is 0 Å². The van der Waals surface area contributed by atoms with Gasteiger partial charge in [0.15, 0.2) is 5.16 Å². The first kappa shape index (κ1) is 17.6. The molecule has 0 fully saturated rings. The van der Waals surface area contributed by atoms with Gasteiger partial charge in [0, 0.05) is 18.1 Å². The first-order valence-electron chi connectivity index (χ1n) is 7.36. The van der Waals surface area contributed by atoms with Gasteiger partial charge in [0.2, 0.25) is 5.91 Å². The second-order valence-corrected chi connectivity index (χ2v) is 6.75. The van der Waals surface area contributed by atoms with Gasteiger partial charge in [-0.15, -0.1) is 5.10 Å². The molecule has 0 aliphatic rings. The number of hydrogen-bond acceptors (Lipinski definition) is 4. The summed E-state index contributed by atoms with van der Waals surface area (Å²) in [6, 6.07) is 7.37. The molecule has 8 heteroatoms. The molecule has 6 nitrogen and oxygen atoms in total. The normalized spacial score (nSPS) is 12.1. The van der Waals surface area contributed by atoms with E-state index in [4.69, 9.17) is 11.6 Å². The summed E-state index contributed by atoms with van der Waals surface area (Å²) in [4.78, 5) is 23.9. The van der Waals surface area contributed by atoms with Crippen molar-refractivity contribution in [2.24, 2.45) is 0 Å². The SMILES string of the molecule is CCCn1c(S[C@@H](C)C(=O)NCc2ccccc2Cl)n[nH]c1=O. The summed E-state index contributed by atoms with van der Waals surface area (Å²) in [5.41, 5.74) is 0.611. The molecule has 1 aromatic heterocycles. The minimum Gasteiger partial charge on any atom is -0.351 e. The molecule has 1 atom stereocenters. The Bertz CT molecular complexity index is 728. The minimum absolute atomic E-state index is 0.131. The summed E-state index contributed by atoms with van der Waals surface area (Å²) in [5, 5.41) is 10.0. The van der Waals surface area contributed by atoms with E-state index in [0.29, 0.717) is 23.3 Å². The Morgan fingerprint density at radius 3 is 2.91 bits per heavy atom. The van der Waals surface area contributed by atoms with Crippen molar-refractivity contribution in [3.8, 4) is 0 Å². The van der Waals surface area contributed by atoms with Crippen molar-refractivity contribution in [1.29, 1.82) is 0 Å². The highest BCUT2D eigenvalue weighted by Gasteiger charge is 2.18. The van der Waals surface area contributed by atoms with Crippen molar-refractivity contribution in [2.75, 3.05) is 0 Å². The zero-order valence-electron chi connectivity index (χ0n) is 13.0. The van der Waals surface area contributed by atoms with Crippen molar-refractivity contribution < 1.29 is 4.79 Å². The maximum atomic E-state index is 12.2. The van der Waals surface area contributed by atoms with Gasteiger partial charge in [-0.2, -0.15) is 0 Å². The number of amides is 1. The van der Waals surface area contributed by atoms with Gasteiger partial charge < -0.3 is 5.32 Å². The molecular weight excluding hydrogens is 336 g/mol. The number of rotatable bonds is 7. The highest BCUT2D eigenvalue weighted by atomic mass is 35.5. The lowest BCUT2D eigenvalue weighted by molar-refractivity contribution is -0.120. The lowest BCUT2D eigenvalue weighted by atomic mass is 10.2. The van der Waals surface area contributed by atoms with Crippen LogP contribution in [-0.2, 0) is 17.9 Å². The molecule has 23 heavy (non-hydrogen) atoms. The summed E-state index contributed by atoms with van der Waals surface area (Å²) in [5.74, 6) is -0.131. The third-order valence-electron chi connectivity index (χ3n) is 3.23. The van der Waals surface area contributed by atoms with E-state index >= 15 is 0 Å². The molecule has 0 bridgehead atoms. The third-order valence-corrected chi connectivity index (χ3v) is 4.69. The Labute approximate surface area is 143 Å². The third kappa shape index (κ3) is 4.62. The number of nitrogens with one attached hydrogen (secondary N) is 2. The highest BCUT2D eigenvalue weighted by Crippen LogP contribution is 2.20. The molecule has 1 amide bonds. The van der Waals surface area contributed by atoms with E-state index in [1.165, 1.54) is 11.8 Å². The van der Waals surface area contributed by atoms with Crippen molar-refractivity contribution in [3.63, 3.8) is 0 Å². The Balaban J connectivity index is 1.95. The van der Waals surface area contributed by atoms with Gasteiger partial charge in [-0.1, -0.05) is 48.5 Å². The predicted molar refractivity (Wildman–Crippen MR) is 91.8 cm³/mol. The average Bonchev–Trinajstić information content (AvgIpc) is 2.87. The number of nitrogens with zero attached hydrogens (tertiary/aromatic N) is 2. The maximum Gasteiger partial charge on any atom is 0.343 e. The molecule has 0 radical (unpaired) electrons. The maximum absolute atomic E-state index is 12.2. The van der Waals surface area contributed by atoms with Crippen LogP contribution in [0.5, 0.6) is 0 Å². The highest BCUT2D eigenvalue weighted by molar-refractivity contribution is 8.00. The number of halogens is 1. The Kier molecular flexibility index (Phi) is 6.29. The molecule has 1 aromatic carbocycles. The van der Waals surface area contributed by atoms with Crippen molar-refractivity contribution in [1.82, 2.24) is 20.1 Å². The number of hydrogen-bond donors (Lipinski definition) is 2. The van der Waals surface area contributed by atoms with Crippen LogP contribution in [0.1, 0.15) is 25.8 Å². The summed E-state index contributed by atoms with van der Waals surface area (Å²) in [6.07, 6.45) is 0.820. The van der Waals surface area contributed by atoms with Crippen LogP contribution < -0.4 is 11.0 Å². The van der Waals surface area contributed by atoms with Crippen LogP contribution in [0.4, 0.5) is 0 Å². The van der Waals surface area contributed by atoms with Crippen LogP contribution in [0.15, 0.2) is 34.2 Å². The second kappa shape index (κ2) is 8.21. The van der Waals surface area contributed by atoms with Gasteiger partial charge in [0.05, 0.1) is 5.25 Å². The molecule has 2 rings (SSSR count). The molecule has 1 heterocycles. The molecule has 0 saturated carbocycles. The molecule has 0 saturated heterocycles. The number of carbonyl (C=O) groups is 1. The first-order valence-corrected chi connectivity index (χ1v) is 8.61. The molecule has 2 N–H and O–H groups in total. The van der Waals surface area contributed by atoms with Gasteiger partial charge in [-0.05, 0) is 25.0 Å². The van der Waals surface area contributed by atoms with E-state index < -0.39 is 0 Å². The molecular formula is C15H19ClN4O2S. The van der Waals surface area contributed by atoms with E-state index in [-0.39, 0.29) is 16.8 Å². The first-order chi connectivity index (χ1) is 11.0. The summed E-state index contributed by atoms with van der Waals surface area (Å²) < 4.78 is 1.54. The topological polar surface area (TPSA) is 79.8 Å². The smallest absolute Gasteiger partial charge is 0.343 e. The number of aromatic amines is 1. The van der Waals surface area contributed by atoms with Gasteiger partial charge in [-0.3, -0.25) is 9.36 Å². The molecule has 124 valence electrons.